The number of nitrogens with one attached hydrogen (secondary N) is 1. The van der Waals surface area contributed by atoms with Gasteiger partial charge >= 0.3 is 0 Å². The van der Waals surface area contributed by atoms with E-state index in [1.807, 2.05) is 31.2 Å². The van der Waals surface area contributed by atoms with Gasteiger partial charge in [0.25, 0.3) is 5.91 Å². The van der Waals surface area contributed by atoms with Gasteiger partial charge in [-0.2, -0.15) is 9.61 Å². The lowest BCUT2D eigenvalue weighted by molar-refractivity contribution is 0.102. The van der Waals surface area contributed by atoms with Crippen molar-refractivity contribution in [1.82, 2.24) is 19.5 Å². The summed E-state index contributed by atoms with van der Waals surface area (Å²) < 4.78 is 1.80. The molecule has 3 heterocycles. The van der Waals surface area contributed by atoms with Crippen molar-refractivity contribution in [2.45, 2.75) is 40.2 Å². The van der Waals surface area contributed by atoms with Crippen LogP contribution >= 0.6 is 0 Å². The van der Waals surface area contributed by atoms with E-state index in [4.69, 9.17) is 0 Å². The van der Waals surface area contributed by atoms with Crippen LogP contribution in [-0.2, 0) is 6.42 Å². The first-order valence-electron chi connectivity index (χ1n) is 10.7. The second-order valence-electron chi connectivity index (χ2n) is 8.17. The Morgan fingerprint density at radius 2 is 1.83 bits per heavy atom. The van der Waals surface area contributed by atoms with Gasteiger partial charge in [0.05, 0.1) is 6.20 Å². The number of nitrogens with zero attached hydrogens (tertiary/aromatic N) is 5. The Morgan fingerprint density at radius 1 is 1.13 bits per heavy atom. The van der Waals surface area contributed by atoms with E-state index in [-0.39, 0.29) is 5.91 Å². The predicted molar refractivity (Wildman–Crippen MR) is 120 cm³/mol. The maximum Gasteiger partial charge on any atom is 0.261 e. The van der Waals surface area contributed by atoms with Crippen molar-refractivity contribution >= 4 is 23.1 Å². The van der Waals surface area contributed by atoms with Gasteiger partial charge in [-0.25, -0.2) is 4.98 Å². The third-order valence-electron chi connectivity index (χ3n) is 5.81. The molecular formula is C23H30N6O. The molecule has 30 heavy (non-hydrogen) atoms. The number of benzene rings is 1. The topological polar surface area (TPSA) is 65.8 Å². The zero-order valence-electron chi connectivity index (χ0n) is 18.2. The number of carbonyl (C=O) groups is 1. The van der Waals surface area contributed by atoms with Gasteiger partial charge in [0, 0.05) is 49.7 Å². The molecule has 1 N–H and O–H groups in total. The maximum atomic E-state index is 12.9. The van der Waals surface area contributed by atoms with Gasteiger partial charge in [0.1, 0.15) is 11.4 Å². The van der Waals surface area contributed by atoms with Gasteiger partial charge in [-0.05, 0) is 44.9 Å². The molecule has 0 unspecified atom stereocenters. The second kappa shape index (κ2) is 8.44. The number of aromatic nitrogens is 3. The highest BCUT2D eigenvalue weighted by atomic mass is 16.1. The van der Waals surface area contributed by atoms with E-state index in [0.717, 1.165) is 49.8 Å². The summed E-state index contributed by atoms with van der Waals surface area (Å²) in [7, 11) is 0. The number of aryl methyl sites for hydroxylation is 2. The molecule has 0 aliphatic carbocycles. The molecule has 7 heteroatoms. The van der Waals surface area contributed by atoms with Gasteiger partial charge < -0.3 is 10.2 Å². The van der Waals surface area contributed by atoms with Gasteiger partial charge in [-0.3, -0.25) is 9.69 Å². The van der Waals surface area contributed by atoms with E-state index in [2.05, 4.69) is 52.0 Å². The van der Waals surface area contributed by atoms with Crippen molar-refractivity contribution in [1.29, 1.82) is 0 Å². The first-order chi connectivity index (χ1) is 14.5. The van der Waals surface area contributed by atoms with E-state index in [9.17, 15) is 4.79 Å². The normalized spacial score (nSPS) is 15.2. The van der Waals surface area contributed by atoms with Crippen molar-refractivity contribution in [2.75, 3.05) is 36.4 Å². The van der Waals surface area contributed by atoms with Crippen LogP contribution < -0.4 is 10.2 Å². The van der Waals surface area contributed by atoms with Gasteiger partial charge in [-0.15, -0.1) is 0 Å². The summed E-state index contributed by atoms with van der Waals surface area (Å²) >= 11 is 0. The average Bonchev–Trinajstić information content (AvgIpc) is 3.17. The summed E-state index contributed by atoms with van der Waals surface area (Å²) in [4.78, 5) is 22.4. The van der Waals surface area contributed by atoms with Crippen molar-refractivity contribution in [3.63, 3.8) is 0 Å². The van der Waals surface area contributed by atoms with Gasteiger partial charge in [0.15, 0.2) is 5.65 Å². The molecule has 7 nitrogen and oxygen atoms in total. The average molecular weight is 407 g/mol. The van der Waals surface area contributed by atoms with Crippen LogP contribution in [0.3, 0.4) is 0 Å². The molecule has 4 rings (SSSR count). The molecule has 0 radical (unpaired) electrons. The van der Waals surface area contributed by atoms with Crippen LogP contribution in [-0.4, -0.2) is 57.6 Å². The first-order valence-corrected chi connectivity index (χ1v) is 10.7. The number of piperazine rings is 1. The predicted octanol–water partition coefficient (Wildman–Crippen LogP) is 3.38. The third kappa shape index (κ3) is 4.03. The number of hydrogen-bond acceptors (Lipinski definition) is 5. The molecule has 3 aromatic rings. The molecule has 1 amide bonds. The molecule has 0 saturated carbocycles. The van der Waals surface area contributed by atoms with Crippen LogP contribution in [0, 0.1) is 6.92 Å². The molecule has 0 atom stereocenters. The van der Waals surface area contributed by atoms with E-state index in [1.54, 1.807) is 10.7 Å². The number of amides is 1. The summed E-state index contributed by atoms with van der Waals surface area (Å²) in [5, 5.41) is 7.49. The minimum Gasteiger partial charge on any atom is -0.354 e. The van der Waals surface area contributed by atoms with E-state index in [0.29, 0.717) is 17.3 Å². The Kier molecular flexibility index (Phi) is 5.72. The lowest BCUT2D eigenvalue weighted by Gasteiger charge is -2.38. The van der Waals surface area contributed by atoms with Crippen molar-refractivity contribution in [3.05, 3.63) is 53.3 Å². The molecule has 1 saturated heterocycles. The van der Waals surface area contributed by atoms with E-state index < -0.39 is 0 Å². The summed E-state index contributed by atoms with van der Waals surface area (Å²) in [6, 6.07) is 10.5. The fourth-order valence-corrected chi connectivity index (χ4v) is 3.94. The molecule has 1 aromatic carbocycles. The van der Waals surface area contributed by atoms with Gasteiger partial charge in [-0.1, -0.05) is 19.1 Å². The van der Waals surface area contributed by atoms with E-state index >= 15 is 0 Å². The van der Waals surface area contributed by atoms with Crippen molar-refractivity contribution in [3.8, 4) is 0 Å². The third-order valence-corrected chi connectivity index (χ3v) is 5.81. The minimum atomic E-state index is -0.192. The molecule has 0 bridgehead atoms. The number of rotatable bonds is 5. The minimum absolute atomic E-state index is 0.192. The summed E-state index contributed by atoms with van der Waals surface area (Å²) in [6.07, 6.45) is 2.59. The molecule has 158 valence electrons. The summed E-state index contributed by atoms with van der Waals surface area (Å²) in [5.41, 5.74) is 3.97. The maximum absolute atomic E-state index is 12.9. The number of hydrogen-bond donors (Lipinski definition) is 1. The SMILES string of the molecule is CCc1ccc(NC(=O)c2cnn3c(N4CCN(C(C)C)CC4)cc(C)nc23)cc1. The molecular weight excluding hydrogens is 376 g/mol. The lowest BCUT2D eigenvalue weighted by Crippen LogP contribution is -2.49. The fourth-order valence-electron chi connectivity index (χ4n) is 3.94. The molecule has 2 aromatic heterocycles. The Bertz CT molecular complexity index is 1030. The zero-order valence-corrected chi connectivity index (χ0v) is 18.2. The monoisotopic (exact) mass is 406 g/mol. The highest BCUT2D eigenvalue weighted by Crippen LogP contribution is 2.22. The Hall–Kier alpha value is -2.93. The van der Waals surface area contributed by atoms with Gasteiger partial charge in [0.2, 0.25) is 0 Å². The largest absolute Gasteiger partial charge is 0.354 e. The second-order valence-corrected chi connectivity index (χ2v) is 8.17. The first kappa shape index (κ1) is 20.3. The van der Waals surface area contributed by atoms with E-state index in [1.165, 1.54) is 5.56 Å². The molecule has 0 spiro atoms. The van der Waals surface area contributed by atoms with Crippen LogP contribution in [0.15, 0.2) is 36.5 Å². The Balaban J connectivity index is 1.59. The number of anilines is 2. The van der Waals surface area contributed by atoms with Crippen LogP contribution in [0.5, 0.6) is 0 Å². The highest BCUT2D eigenvalue weighted by Gasteiger charge is 2.23. The standard InChI is InChI=1S/C23H30N6O/c1-5-18-6-8-19(9-7-18)26-23(30)20-15-24-29-21(14-17(4)25-22(20)29)28-12-10-27(11-13-28)16(2)3/h6-9,14-16H,5,10-13H2,1-4H3,(H,26,30). The quantitative estimate of drug-likeness (QED) is 0.704. The van der Waals surface area contributed by atoms with Crippen LogP contribution in [0.4, 0.5) is 11.5 Å². The highest BCUT2D eigenvalue weighted by molar-refractivity contribution is 6.08. The molecule has 1 aliphatic rings. The lowest BCUT2D eigenvalue weighted by atomic mass is 10.1. The number of carbonyl (C=O) groups excluding carboxylic acids is 1. The van der Waals surface area contributed by atoms with Crippen LogP contribution in [0.2, 0.25) is 0 Å². The van der Waals surface area contributed by atoms with Crippen molar-refractivity contribution in [2.24, 2.45) is 0 Å². The fraction of sp³-hybridized carbons (Fsp3) is 0.435. The number of fused-ring (bicyclic) bond motifs is 1. The van der Waals surface area contributed by atoms with Crippen molar-refractivity contribution < 1.29 is 4.79 Å². The summed E-state index contributed by atoms with van der Waals surface area (Å²) in [5.74, 6) is 0.801. The van der Waals surface area contributed by atoms with Crippen LogP contribution in [0.1, 0.15) is 42.4 Å². The molecule has 1 fully saturated rings. The van der Waals surface area contributed by atoms with Crippen LogP contribution in [0.25, 0.3) is 5.65 Å². The zero-order chi connectivity index (χ0) is 21.3. The Morgan fingerprint density at radius 3 is 2.47 bits per heavy atom. The Labute approximate surface area is 177 Å². The smallest absolute Gasteiger partial charge is 0.261 e. The summed E-state index contributed by atoms with van der Waals surface area (Å²) in [6.45, 7) is 12.4. The molecule has 1 aliphatic heterocycles.